The number of ether oxygens (including phenoxy) is 1. The van der Waals surface area contributed by atoms with E-state index in [1.807, 2.05) is 4.90 Å². The summed E-state index contributed by atoms with van der Waals surface area (Å²) in [6, 6.07) is 9.00. The lowest BCUT2D eigenvalue weighted by molar-refractivity contribution is 0.102. The van der Waals surface area contributed by atoms with Crippen LogP contribution in [0.5, 0.6) is 5.88 Å². The van der Waals surface area contributed by atoms with Gasteiger partial charge < -0.3 is 20.1 Å². The second kappa shape index (κ2) is 10.2. The molecule has 204 valence electrons. The minimum absolute atomic E-state index is 0.000567. The van der Waals surface area contributed by atoms with E-state index in [1.165, 1.54) is 37.1 Å². The lowest BCUT2D eigenvalue weighted by atomic mass is 9.93. The van der Waals surface area contributed by atoms with Crippen LogP contribution in [-0.2, 0) is 10.0 Å². The Morgan fingerprint density at radius 3 is 2.47 bits per heavy atom. The number of pyridine rings is 1. The highest BCUT2D eigenvalue weighted by molar-refractivity contribution is 7.89. The minimum atomic E-state index is -3.88. The number of nitrogens with zero attached hydrogens (tertiary/aromatic N) is 2. The van der Waals surface area contributed by atoms with Crippen molar-refractivity contribution in [1.82, 2.24) is 9.71 Å². The topological polar surface area (TPSA) is 121 Å². The molecule has 2 saturated carbocycles. The van der Waals surface area contributed by atoms with Crippen LogP contribution >= 0.6 is 0 Å². The van der Waals surface area contributed by atoms with E-state index in [0.29, 0.717) is 37.0 Å². The molecule has 0 bridgehead atoms. The molecule has 1 aliphatic heterocycles. The number of sulfonamides is 1. The van der Waals surface area contributed by atoms with Crippen molar-refractivity contribution in [3.05, 3.63) is 54.1 Å². The molecule has 3 N–H and O–H groups in total. The summed E-state index contributed by atoms with van der Waals surface area (Å²) in [5.41, 5.74) is 0.0968. The van der Waals surface area contributed by atoms with Gasteiger partial charge in [-0.25, -0.2) is 13.1 Å². The number of nitrogens with one attached hydrogen (secondary N) is 2. The first-order valence-electron chi connectivity index (χ1n) is 12.6. The summed E-state index contributed by atoms with van der Waals surface area (Å²) < 4.78 is 59.0. The Morgan fingerprint density at radius 2 is 1.84 bits per heavy atom. The normalized spacial score (nSPS) is 19.1. The molecule has 1 aromatic heterocycles. The lowest BCUT2D eigenvalue weighted by Crippen LogP contribution is -2.36. The van der Waals surface area contributed by atoms with Crippen molar-refractivity contribution in [2.75, 3.05) is 36.5 Å². The number of halogens is 2. The highest BCUT2D eigenvalue weighted by Gasteiger charge is 2.45. The number of aliphatic hydroxyl groups excluding tert-OH is 1. The Labute approximate surface area is 219 Å². The molecule has 3 fully saturated rings. The number of aromatic nitrogens is 1. The summed E-state index contributed by atoms with van der Waals surface area (Å²) in [4.78, 5) is 19.7. The maximum atomic E-state index is 13.4. The summed E-state index contributed by atoms with van der Waals surface area (Å²) >= 11 is 0. The molecule has 1 aromatic carbocycles. The molecule has 0 atom stereocenters. The summed E-state index contributed by atoms with van der Waals surface area (Å²) in [7, 11) is -3.88. The second-order valence-electron chi connectivity index (χ2n) is 10.2. The maximum Gasteiger partial charge on any atom is 0.270 e. The minimum Gasteiger partial charge on any atom is -0.467 e. The van der Waals surface area contributed by atoms with E-state index in [2.05, 4.69) is 15.0 Å². The van der Waals surface area contributed by atoms with E-state index in [-0.39, 0.29) is 35.3 Å². The zero-order valence-corrected chi connectivity index (χ0v) is 21.6. The average Bonchev–Trinajstić information content (AvgIpc) is 3.81. The Bertz CT molecular complexity index is 1350. The monoisotopic (exact) mass is 548 g/mol. The molecule has 2 aliphatic carbocycles. The summed E-state index contributed by atoms with van der Waals surface area (Å²) in [5, 5.41) is 11.8. The molecule has 5 rings (SSSR count). The molecular weight excluding hydrogens is 518 g/mol. The molecule has 0 unspecified atom stereocenters. The van der Waals surface area contributed by atoms with Gasteiger partial charge in [-0.1, -0.05) is 6.07 Å². The average molecular weight is 549 g/mol. The van der Waals surface area contributed by atoms with Crippen LogP contribution in [0.2, 0.25) is 0 Å². The van der Waals surface area contributed by atoms with Crippen LogP contribution < -0.4 is 19.7 Å². The molecule has 1 amide bonds. The standard InChI is InChI=1S/C26H30F2N4O5S/c27-21(28)17-26(8-9-26)37-23-3-1-2-22(30-23)31-24(34)19-5-4-18(38(35,36)29-12-15-33)16-20(19)32-13-10-25(6-7-25)11-14-32/h1-5,16-17,29,33H,6-15H2,(H,30,31,34). The van der Waals surface area contributed by atoms with Gasteiger partial charge in [-0.05, 0) is 68.2 Å². The molecule has 2 heterocycles. The van der Waals surface area contributed by atoms with E-state index < -0.39 is 27.6 Å². The highest BCUT2D eigenvalue weighted by atomic mass is 32.2. The predicted molar refractivity (Wildman–Crippen MR) is 137 cm³/mol. The smallest absolute Gasteiger partial charge is 0.270 e. The fourth-order valence-corrected chi connectivity index (χ4v) is 5.87. The Kier molecular flexibility index (Phi) is 7.14. The van der Waals surface area contributed by atoms with Gasteiger partial charge in [0.1, 0.15) is 11.4 Å². The first-order chi connectivity index (χ1) is 18.1. The fraction of sp³-hybridized carbons (Fsp3) is 0.462. The summed E-state index contributed by atoms with van der Waals surface area (Å²) in [5.74, 6) is -0.199. The number of carbonyl (C=O) groups is 1. The van der Waals surface area contributed by atoms with Crippen molar-refractivity contribution in [1.29, 1.82) is 0 Å². The van der Waals surface area contributed by atoms with Crippen molar-refractivity contribution in [2.24, 2.45) is 5.41 Å². The Hall–Kier alpha value is -3.09. The van der Waals surface area contributed by atoms with Crippen molar-refractivity contribution in [3.63, 3.8) is 0 Å². The van der Waals surface area contributed by atoms with Gasteiger partial charge in [-0.15, -0.1) is 0 Å². The number of piperidine rings is 1. The third-order valence-electron chi connectivity index (χ3n) is 7.44. The number of amides is 1. The van der Waals surface area contributed by atoms with Crippen LogP contribution in [0.25, 0.3) is 0 Å². The van der Waals surface area contributed by atoms with Gasteiger partial charge in [-0.3, -0.25) is 4.79 Å². The molecule has 1 saturated heterocycles. The van der Waals surface area contributed by atoms with Gasteiger partial charge in [0.15, 0.2) is 0 Å². The van der Waals surface area contributed by atoms with Gasteiger partial charge in [0, 0.05) is 31.8 Å². The van der Waals surface area contributed by atoms with Crippen LogP contribution in [0.15, 0.2) is 53.5 Å². The van der Waals surface area contributed by atoms with Gasteiger partial charge in [0.2, 0.25) is 15.9 Å². The third kappa shape index (κ3) is 5.97. The van der Waals surface area contributed by atoms with Crippen LogP contribution in [0.4, 0.5) is 20.3 Å². The van der Waals surface area contributed by atoms with Crippen LogP contribution in [0, 0.1) is 5.41 Å². The zero-order valence-electron chi connectivity index (χ0n) is 20.8. The molecule has 3 aliphatic rings. The number of anilines is 2. The number of benzene rings is 1. The molecule has 2 aromatic rings. The van der Waals surface area contributed by atoms with Crippen LogP contribution in [-0.4, -0.2) is 56.3 Å². The molecular formula is C26H30F2N4O5S. The lowest BCUT2D eigenvalue weighted by Gasteiger charge is -2.35. The second-order valence-corrected chi connectivity index (χ2v) is 12.0. The number of carbonyl (C=O) groups excluding carboxylic acids is 1. The predicted octanol–water partition coefficient (Wildman–Crippen LogP) is 3.68. The summed E-state index contributed by atoms with van der Waals surface area (Å²) in [6.07, 6.45) is 4.22. The van der Waals surface area contributed by atoms with E-state index in [1.54, 1.807) is 12.1 Å². The Morgan fingerprint density at radius 1 is 1.11 bits per heavy atom. The SMILES string of the molecule is O=C(Nc1cccc(OC2(C=C(F)F)CC2)n1)c1ccc(S(=O)(=O)NCCO)cc1N1CCC2(CC1)CC2. The van der Waals surface area contributed by atoms with Gasteiger partial charge in [0.25, 0.3) is 12.0 Å². The number of rotatable bonds is 10. The number of hydrogen-bond acceptors (Lipinski definition) is 7. The molecule has 38 heavy (non-hydrogen) atoms. The van der Waals surface area contributed by atoms with E-state index in [9.17, 15) is 22.0 Å². The molecule has 1 spiro atoms. The van der Waals surface area contributed by atoms with Crippen molar-refractivity contribution >= 4 is 27.4 Å². The highest BCUT2D eigenvalue weighted by Crippen LogP contribution is 2.54. The van der Waals surface area contributed by atoms with Gasteiger partial charge in [-0.2, -0.15) is 13.8 Å². The zero-order chi connectivity index (χ0) is 27.0. The van der Waals surface area contributed by atoms with E-state index in [0.717, 1.165) is 18.9 Å². The van der Waals surface area contributed by atoms with E-state index >= 15 is 0 Å². The largest absolute Gasteiger partial charge is 0.467 e. The van der Waals surface area contributed by atoms with E-state index in [4.69, 9.17) is 9.84 Å². The fourth-order valence-electron chi connectivity index (χ4n) is 4.83. The van der Waals surface area contributed by atoms with Crippen LogP contribution in [0.1, 0.15) is 48.9 Å². The van der Waals surface area contributed by atoms with Crippen molar-refractivity contribution < 1.29 is 31.8 Å². The number of aliphatic hydroxyl groups is 1. The molecule has 12 heteroatoms. The van der Waals surface area contributed by atoms with Gasteiger partial charge in [0.05, 0.1) is 22.8 Å². The molecule has 9 nitrogen and oxygen atoms in total. The first kappa shape index (κ1) is 26.5. The molecule has 0 radical (unpaired) electrons. The van der Waals surface area contributed by atoms with Crippen molar-refractivity contribution in [3.8, 4) is 5.88 Å². The Balaban J connectivity index is 1.38. The van der Waals surface area contributed by atoms with Crippen molar-refractivity contribution in [2.45, 2.75) is 49.0 Å². The van der Waals surface area contributed by atoms with Gasteiger partial charge >= 0.3 is 0 Å². The van der Waals surface area contributed by atoms with Crippen LogP contribution in [0.3, 0.4) is 0 Å². The summed E-state index contributed by atoms with van der Waals surface area (Å²) in [6.45, 7) is 0.953. The number of hydrogen-bond donors (Lipinski definition) is 3. The maximum absolute atomic E-state index is 13.4. The third-order valence-corrected chi connectivity index (χ3v) is 8.90. The quantitative estimate of drug-likeness (QED) is 0.414. The first-order valence-corrected chi connectivity index (χ1v) is 14.1.